The minimum Gasteiger partial charge on any atom is -0.377 e. The van der Waals surface area contributed by atoms with E-state index in [1.807, 2.05) is 0 Å². The molecule has 1 saturated heterocycles. The van der Waals surface area contributed by atoms with E-state index in [4.69, 9.17) is 23.9 Å². The van der Waals surface area contributed by atoms with E-state index < -0.39 is 0 Å². The predicted molar refractivity (Wildman–Crippen MR) is 125 cm³/mol. The van der Waals surface area contributed by atoms with Crippen molar-refractivity contribution in [3.8, 4) is 10.6 Å². The van der Waals surface area contributed by atoms with Crippen LogP contribution in [0, 0.1) is 6.92 Å². The van der Waals surface area contributed by atoms with Gasteiger partial charge in [-0.3, -0.25) is 0 Å². The highest BCUT2D eigenvalue weighted by atomic mass is 32.1. The zero-order valence-corrected chi connectivity index (χ0v) is 18.9. The highest BCUT2D eigenvalue weighted by Crippen LogP contribution is 2.31. The van der Waals surface area contributed by atoms with Gasteiger partial charge < -0.3 is 23.8 Å². The monoisotopic (exact) mass is 442 g/mol. The van der Waals surface area contributed by atoms with E-state index >= 15 is 0 Å². The van der Waals surface area contributed by atoms with Crippen LogP contribution < -0.4 is 4.90 Å². The van der Waals surface area contributed by atoms with Crippen molar-refractivity contribution in [2.24, 2.45) is 0 Å². The fraction of sp³-hybridized carbons (Fsp3) is 0.458. The molecule has 0 unspecified atom stereocenters. The number of aromatic nitrogens is 1. The molecule has 1 aromatic heterocycles. The Kier molecular flexibility index (Phi) is 8.26. The maximum atomic E-state index is 5.74. The summed E-state index contributed by atoms with van der Waals surface area (Å²) >= 11 is 1.74. The van der Waals surface area contributed by atoms with Crippen molar-refractivity contribution in [2.75, 3.05) is 70.8 Å². The van der Waals surface area contributed by atoms with Gasteiger partial charge >= 0.3 is 0 Å². The Morgan fingerprint density at radius 2 is 1.32 bits per heavy atom. The number of benzene rings is 2. The van der Waals surface area contributed by atoms with Gasteiger partial charge in [0.1, 0.15) is 5.01 Å². The molecule has 0 bridgehead atoms. The molecule has 31 heavy (non-hydrogen) atoms. The molecule has 2 aromatic carbocycles. The fourth-order valence-corrected chi connectivity index (χ4v) is 4.52. The molecule has 6 nitrogen and oxygen atoms in total. The third-order valence-electron chi connectivity index (χ3n) is 5.15. The molecule has 7 heteroatoms. The molecular weight excluding hydrogens is 412 g/mol. The van der Waals surface area contributed by atoms with Gasteiger partial charge in [-0.05, 0) is 48.9 Å². The molecule has 0 amide bonds. The zero-order chi connectivity index (χ0) is 21.3. The Labute approximate surface area is 187 Å². The van der Waals surface area contributed by atoms with Crippen LogP contribution in [0.2, 0.25) is 0 Å². The van der Waals surface area contributed by atoms with Crippen molar-refractivity contribution in [1.29, 1.82) is 0 Å². The number of nitrogens with zero attached hydrogens (tertiary/aromatic N) is 2. The second kappa shape index (κ2) is 11.5. The first-order chi connectivity index (χ1) is 15.3. The van der Waals surface area contributed by atoms with E-state index in [1.165, 1.54) is 10.3 Å². The van der Waals surface area contributed by atoms with Gasteiger partial charge in [-0.1, -0.05) is 6.07 Å². The summed E-state index contributed by atoms with van der Waals surface area (Å²) in [5.41, 5.74) is 4.62. The molecule has 1 aliphatic heterocycles. The quantitative estimate of drug-likeness (QED) is 0.594. The van der Waals surface area contributed by atoms with Gasteiger partial charge in [-0.25, -0.2) is 4.98 Å². The SMILES string of the molecule is Cc1ccc2nc(-c3ccc(N4CCOCCOCCOCCOCC4)cc3)sc2c1. The average Bonchev–Trinajstić information content (AvgIpc) is 3.20. The Balaban J connectivity index is 1.42. The summed E-state index contributed by atoms with van der Waals surface area (Å²) in [5, 5.41) is 1.05. The van der Waals surface area contributed by atoms with E-state index in [9.17, 15) is 0 Å². The number of fused-ring (bicyclic) bond motifs is 1. The number of anilines is 1. The molecule has 0 saturated carbocycles. The lowest BCUT2D eigenvalue weighted by molar-refractivity contribution is 0.00206. The third-order valence-corrected chi connectivity index (χ3v) is 6.22. The molecule has 0 aliphatic carbocycles. The molecule has 0 radical (unpaired) electrons. The maximum absolute atomic E-state index is 5.74. The molecule has 0 atom stereocenters. The average molecular weight is 443 g/mol. The Morgan fingerprint density at radius 3 is 1.94 bits per heavy atom. The summed E-state index contributed by atoms with van der Waals surface area (Å²) in [4.78, 5) is 7.10. The molecule has 2 heterocycles. The van der Waals surface area contributed by atoms with Crippen molar-refractivity contribution >= 4 is 27.2 Å². The van der Waals surface area contributed by atoms with Crippen molar-refractivity contribution < 1.29 is 18.9 Å². The van der Waals surface area contributed by atoms with Crippen LogP contribution in [-0.4, -0.2) is 70.9 Å². The highest BCUT2D eigenvalue weighted by Gasteiger charge is 2.10. The van der Waals surface area contributed by atoms with Crippen LogP contribution in [0.4, 0.5) is 5.69 Å². The molecular formula is C24H30N2O4S. The van der Waals surface area contributed by atoms with Crippen molar-refractivity contribution in [1.82, 2.24) is 4.98 Å². The first kappa shape index (κ1) is 22.2. The highest BCUT2D eigenvalue weighted by molar-refractivity contribution is 7.21. The molecule has 3 aromatic rings. The van der Waals surface area contributed by atoms with Gasteiger partial charge in [0.05, 0.1) is 63.1 Å². The van der Waals surface area contributed by atoms with E-state index in [0.29, 0.717) is 52.9 Å². The lowest BCUT2D eigenvalue weighted by Gasteiger charge is -2.25. The number of rotatable bonds is 2. The van der Waals surface area contributed by atoms with Crippen LogP contribution in [0.3, 0.4) is 0 Å². The second-order valence-electron chi connectivity index (χ2n) is 7.47. The van der Waals surface area contributed by atoms with Crippen LogP contribution in [0.15, 0.2) is 42.5 Å². The summed E-state index contributed by atoms with van der Waals surface area (Å²) in [6.07, 6.45) is 0. The van der Waals surface area contributed by atoms with E-state index in [-0.39, 0.29) is 0 Å². The minimum absolute atomic E-state index is 0.593. The van der Waals surface area contributed by atoms with Gasteiger partial charge in [0, 0.05) is 24.3 Å². The second-order valence-corrected chi connectivity index (χ2v) is 8.50. The summed E-state index contributed by atoms with van der Waals surface area (Å²) in [7, 11) is 0. The number of ether oxygens (including phenoxy) is 4. The van der Waals surface area contributed by atoms with Gasteiger partial charge in [0.15, 0.2) is 0 Å². The van der Waals surface area contributed by atoms with E-state index in [0.717, 1.165) is 34.9 Å². The predicted octanol–water partition coefficient (Wildman–Crippen LogP) is 4.16. The molecule has 0 spiro atoms. The number of hydrogen-bond acceptors (Lipinski definition) is 7. The van der Waals surface area contributed by atoms with Crippen LogP contribution >= 0.6 is 11.3 Å². The van der Waals surface area contributed by atoms with Gasteiger partial charge in [0.25, 0.3) is 0 Å². The van der Waals surface area contributed by atoms with Crippen molar-refractivity contribution in [3.05, 3.63) is 48.0 Å². The Bertz CT molecular complexity index is 928. The largest absolute Gasteiger partial charge is 0.377 e. The van der Waals surface area contributed by atoms with Crippen LogP contribution in [0.5, 0.6) is 0 Å². The first-order valence-corrected chi connectivity index (χ1v) is 11.6. The maximum Gasteiger partial charge on any atom is 0.124 e. The van der Waals surface area contributed by atoms with Crippen LogP contribution in [0.25, 0.3) is 20.8 Å². The smallest absolute Gasteiger partial charge is 0.124 e. The Hall–Kier alpha value is -2.03. The van der Waals surface area contributed by atoms with Crippen molar-refractivity contribution in [2.45, 2.75) is 6.92 Å². The molecule has 4 rings (SSSR count). The summed E-state index contributed by atoms with van der Waals surface area (Å²) < 4.78 is 23.7. The van der Waals surface area contributed by atoms with Crippen LogP contribution in [0.1, 0.15) is 5.56 Å². The lowest BCUT2D eigenvalue weighted by atomic mass is 10.2. The van der Waals surface area contributed by atoms with E-state index in [1.54, 1.807) is 11.3 Å². The molecule has 166 valence electrons. The standard InChI is InChI=1S/C24H30N2O4S/c1-19-2-7-22-23(18-19)31-24(25-22)20-3-5-21(6-4-20)26-8-10-27-12-14-29-16-17-30-15-13-28-11-9-26/h2-7,18H,8-17H2,1H3. The number of aryl methyl sites for hydroxylation is 1. The normalized spacial score (nSPS) is 17.9. The summed E-state index contributed by atoms with van der Waals surface area (Å²) in [6, 6.07) is 15.0. The van der Waals surface area contributed by atoms with Crippen LogP contribution in [-0.2, 0) is 18.9 Å². The molecule has 1 aliphatic rings. The van der Waals surface area contributed by atoms with Gasteiger partial charge in [-0.15, -0.1) is 11.3 Å². The Morgan fingerprint density at radius 1 is 0.742 bits per heavy atom. The van der Waals surface area contributed by atoms with Gasteiger partial charge in [-0.2, -0.15) is 0 Å². The lowest BCUT2D eigenvalue weighted by Crippen LogP contribution is -2.31. The summed E-state index contributed by atoms with van der Waals surface area (Å²) in [5.74, 6) is 0. The molecule has 1 fully saturated rings. The number of hydrogen-bond donors (Lipinski definition) is 0. The van der Waals surface area contributed by atoms with E-state index in [2.05, 4.69) is 54.3 Å². The zero-order valence-electron chi connectivity index (χ0n) is 18.0. The summed E-state index contributed by atoms with van der Waals surface area (Å²) in [6.45, 7) is 8.60. The minimum atomic E-state index is 0.593. The molecule has 0 N–H and O–H groups in total. The first-order valence-electron chi connectivity index (χ1n) is 10.8. The topological polar surface area (TPSA) is 53.1 Å². The van der Waals surface area contributed by atoms with Gasteiger partial charge in [0.2, 0.25) is 0 Å². The fourth-order valence-electron chi connectivity index (χ4n) is 3.45. The van der Waals surface area contributed by atoms with Crippen molar-refractivity contribution in [3.63, 3.8) is 0 Å². The third kappa shape index (κ3) is 6.48. The number of thiazole rings is 1.